The Hall–Kier alpha value is -2.41. The Morgan fingerprint density at radius 3 is 2.57 bits per heavy atom. The first-order valence-electron chi connectivity index (χ1n) is 6.35. The van der Waals surface area contributed by atoms with Crippen molar-refractivity contribution >= 4 is 15.7 Å². The van der Waals surface area contributed by atoms with Crippen LogP contribution in [-0.4, -0.2) is 36.3 Å². The van der Waals surface area contributed by atoms with Crippen molar-refractivity contribution in [2.24, 2.45) is 0 Å². The number of aromatic nitrogens is 2. The van der Waals surface area contributed by atoms with E-state index in [1.165, 1.54) is 6.08 Å². The van der Waals surface area contributed by atoms with Crippen molar-refractivity contribution in [2.75, 3.05) is 5.75 Å². The number of nitrogens with zero attached hydrogens (tertiary/aromatic N) is 1. The highest BCUT2D eigenvalue weighted by Gasteiger charge is 2.23. The fourth-order valence-electron chi connectivity index (χ4n) is 2.14. The molecule has 1 atom stereocenters. The maximum atomic E-state index is 12.0. The van der Waals surface area contributed by atoms with E-state index in [9.17, 15) is 13.2 Å². The average Bonchev–Trinajstić information content (AvgIpc) is 3.09. The Morgan fingerprint density at radius 1 is 1.24 bits per heavy atom. The third kappa shape index (κ3) is 3.03. The summed E-state index contributed by atoms with van der Waals surface area (Å²) < 4.78 is 22.6. The van der Waals surface area contributed by atoms with Crippen LogP contribution in [0.1, 0.15) is 10.4 Å². The number of benzene rings is 1. The van der Waals surface area contributed by atoms with Crippen LogP contribution in [0.4, 0.5) is 0 Å². The van der Waals surface area contributed by atoms with E-state index in [1.807, 2.05) is 18.2 Å². The van der Waals surface area contributed by atoms with Crippen molar-refractivity contribution in [3.05, 3.63) is 53.6 Å². The van der Waals surface area contributed by atoms with Crippen molar-refractivity contribution < 1.29 is 13.2 Å². The van der Waals surface area contributed by atoms with Crippen molar-refractivity contribution in [1.29, 1.82) is 0 Å². The molecule has 0 unspecified atom stereocenters. The van der Waals surface area contributed by atoms with Crippen LogP contribution in [0.15, 0.2) is 48.0 Å². The van der Waals surface area contributed by atoms with E-state index in [0.717, 1.165) is 16.7 Å². The van der Waals surface area contributed by atoms with Crippen LogP contribution in [0, 0.1) is 0 Å². The molecule has 1 aliphatic heterocycles. The van der Waals surface area contributed by atoms with Crippen molar-refractivity contribution in [3.8, 4) is 11.3 Å². The summed E-state index contributed by atoms with van der Waals surface area (Å²) >= 11 is 0. The molecular weight excluding hydrogens is 290 g/mol. The summed E-state index contributed by atoms with van der Waals surface area (Å²) in [7, 11) is -3.17. The van der Waals surface area contributed by atoms with E-state index in [0.29, 0.717) is 5.56 Å². The maximum absolute atomic E-state index is 12.0. The lowest BCUT2D eigenvalue weighted by Gasteiger charge is -2.10. The van der Waals surface area contributed by atoms with E-state index < -0.39 is 15.9 Å². The van der Waals surface area contributed by atoms with Gasteiger partial charge in [-0.05, 0) is 29.8 Å². The molecule has 0 saturated carbocycles. The molecule has 108 valence electrons. The number of carbonyl (C=O) groups excluding carboxylic acids is 1. The molecule has 7 heteroatoms. The van der Waals surface area contributed by atoms with E-state index in [4.69, 9.17) is 0 Å². The SMILES string of the molecule is O=C(N[C@@H]1C=CS(=O)(=O)C1)c1ccc(-c2ccn[nH]2)cc1. The third-order valence-corrected chi connectivity index (χ3v) is 4.60. The number of carbonyl (C=O) groups is 1. The van der Waals surface area contributed by atoms with Crippen LogP contribution in [0.5, 0.6) is 0 Å². The number of amides is 1. The highest BCUT2D eigenvalue weighted by atomic mass is 32.2. The molecule has 1 amide bonds. The van der Waals surface area contributed by atoms with E-state index in [1.54, 1.807) is 18.3 Å². The fraction of sp³-hybridized carbons (Fsp3) is 0.143. The highest BCUT2D eigenvalue weighted by Crippen LogP contribution is 2.17. The monoisotopic (exact) mass is 303 g/mol. The standard InChI is InChI=1S/C14H13N3O3S/c18-14(16-12-6-8-21(19,20)9-12)11-3-1-10(2-4-11)13-5-7-15-17-13/h1-8,12H,9H2,(H,15,17)(H,16,18)/t12-/m1/s1. The number of hydrogen-bond acceptors (Lipinski definition) is 4. The molecule has 2 N–H and O–H groups in total. The molecular formula is C14H13N3O3S. The second kappa shape index (κ2) is 5.17. The molecule has 21 heavy (non-hydrogen) atoms. The van der Waals surface area contributed by atoms with Gasteiger partial charge >= 0.3 is 0 Å². The van der Waals surface area contributed by atoms with Gasteiger partial charge in [0.2, 0.25) is 0 Å². The Morgan fingerprint density at radius 2 is 2.00 bits per heavy atom. The maximum Gasteiger partial charge on any atom is 0.251 e. The molecule has 0 bridgehead atoms. The lowest BCUT2D eigenvalue weighted by Crippen LogP contribution is -2.35. The van der Waals surface area contributed by atoms with Gasteiger partial charge in [-0.25, -0.2) is 8.42 Å². The van der Waals surface area contributed by atoms with E-state index in [2.05, 4.69) is 15.5 Å². The molecule has 1 aromatic carbocycles. The van der Waals surface area contributed by atoms with Gasteiger partial charge in [0.1, 0.15) is 0 Å². The lowest BCUT2D eigenvalue weighted by atomic mass is 10.1. The van der Waals surface area contributed by atoms with Gasteiger partial charge in [-0.3, -0.25) is 9.89 Å². The van der Waals surface area contributed by atoms with Crippen molar-refractivity contribution in [1.82, 2.24) is 15.5 Å². The van der Waals surface area contributed by atoms with Gasteiger partial charge in [-0.2, -0.15) is 5.10 Å². The van der Waals surface area contributed by atoms with Crippen molar-refractivity contribution in [2.45, 2.75) is 6.04 Å². The summed E-state index contributed by atoms with van der Waals surface area (Å²) in [4.78, 5) is 12.0. The molecule has 3 rings (SSSR count). The molecule has 0 radical (unpaired) electrons. The number of nitrogens with one attached hydrogen (secondary N) is 2. The van der Waals surface area contributed by atoms with Gasteiger partial charge in [-0.1, -0.05) is 12.1 Å². The van der Waals surface area contributed by atoms with Gasteiger partial charge in [0.15, 0.2) is 9.84 Å². The van der Waals surface area contributed by atoms with Gasteiger partial charge in [0, 0.05) is 17.2 Å². The highest BCUT2D eigenvalue weighted by molar-refractivity contribution is 7.94. The zero-order valence-electron chi connectivity index (χ0n) is 11.0. The van der Waals surface area contributed by atoms with Gasteiger partial charge in [-0.15, -0.1) is 0 Å². The normalized spacial score (nSPS) is 19.5. The molecule has 2 aromatic rings. The van der Waals surface area contributed by atoms with E-state index >= 15 is 0 Å². The zero-order valence-corrected chi connectivity index (χ0v) is 11.8. The van der Waals surface area contributed by atoms with Crippen LogP contribution in [0.2, 0.25) is 0 Å². The first-order chi connectivity index (χ1) is 10.0. The predicted molar refractivity (Wildman–Crippen MR) is 78.2 cm³/mol. The topological polar surface area (TPSA) is 91.9 Å². The summed E-state index contributed by atoms with van der Waals surface area (Å²) in [5.41, 5.74) is 2.27. The smallest absolute Gasteiger partial charge is 0.251 e. The molecule has 0 saturated heterocycles. The third-order valence-electron chi connectivity index (χ3n) is 3.21. The molecule has 2 heterocycles. The largest absolute Gasteiger partial charge is 0.345 e. The van der Waals surface area contributed by atoms with Crippen LogP contribution in [-0.2, 0) is 9.84 Å². The first-order valence-corrected chi connectivity index (χ1v) is 8.07. The lowest BCUT2D eigenvalue weighted by molar-refractivity contribution is 0.0947. The summed E-state index contributed by atoms with van der Waals surface area (Å²) in [6.45, 7) is 0. The number of H-pyrrole nitrogens is 1. The quantitative estimate of drug-likeness (QED) is 0.888. The number of rotatable bonds is 3. The summed E-state index contributed by atoms with van der Waals surface area (Å²) in [5, 5.41) is 10.5. The van der Waals surface area contributed by atoms with Gasteiger partial charge in [0.25, 0.3) is 5.91 Å². The summed E-state index contributed by atoms with van der Waals surface area (Å²) in [5.74, 6) is -0.372. The Kier molecular flexibility index (Phi) is 3.34. The minimum absolute atomic E-state index is 0.0784. The minimum atomic E-state index is -3.17. The van der Waals surface area contributed by atoms with E-state index in [-0.39, 0.29) is 11.7 Å². The average molecular weight is 303 g/mol. The van der Waals surface area contributed by atoms with Crippen LogP contribution in [0.25, 0.3) is 11.3 Å². The zero-order chi connectivity index (χ0) is 14.9. The second-order valence-electron chi connectivity index (χ2n) is 4.79. The van der Waals surface area contributed by atoms with Crippen LogP contribution < -0.4 is 5.32 Å². The number of aromatic amines is 1. The van der Waals surface area contributed by atoms with Crippen molar-refractivity contribution in [3.63, 3.8) is 0 Å². The second-order valence-corrected chi connectivity index (χ2v) is 6.72. The van der Waals surface area contributed by atoms with Crippen LogP contribution >= 0.6 is 0 Å². The minimum Gasteiger partial charge on any atom is -0.345 e. The number of hydrogen-bond donors (Lipinski definition) is 2. The Balaban J connectivity index is 1.70. The Labute approximate surface area is 121 Å². The van der Waals surface area contributed by atoms with Gasteiger partial charge < -0.3 is 5.32 Å². The first kappa shape index (κ1) is 13.6. The van der Waals surface area contributed by atoms with Gasteiger partial charge in [0.05, 0.1) is 17.5 Å². The van der Waals surface area contributed by atoms with Crippen LogP contribution in [0.3, 0.4) is 0 Å². The molecule has 0 spiro atoms. The molecule has 6 nitrogen and oxygen atoms in total. The molecule has 1 aliphatic rings. The molecule has 1 aromatic heterocycles. The number of sulfone groups is 1. The fourth-order valence-corrected chi connectivity index (χ4v) is 3.37. The predicted octanol–water partition coefficient (Wildman–Crippen LogP) is 1.12. The summed E-state index contributed by atoms with van der Waals surface area (Å²) in [6.07, 6.45) is 3.15. The summed E-state index contributed by atoms with van der Waals surface area (Å²) in [6, 6.07) is 8.38. The molecule has 0 aliphatic carbocycles. The Bertz CT molecular complexity index is 777. The molecule has 0 fully saturated rings.